The van der Waals surface area contributed by atoms with E-state index in [2.05, 4.69) is 44.3 Å². The predicted octanol–water partition coefficient (Wildman–Crippen LogP) is 2.46. The second-order valence-electron chi connectivity index (χ2n) is 5.37. The maximum atomic E-state index is 11.4. The Morgan fingerprint density at radius 2 is 1.83 bits per heavy atom. The maximum Gasteiger partial charge on any atom is 0.234 e. The Kier molecular flexibility index (Phi) is 4.91. The Bertz CT molecular complexity index is 427. The molecule has 0 saturated carbocycles. The molecule has 0 aromatic heterocycles. The minimum Gasteiger partial charge on any atom is -0.368 e. The summed E-state index contributed by atoms with van der Waals surface area (Å²) in [4.78, 5) is 11.4. The van der Waals surface area contributed by atoms with Crippen LogP contribution in [0.3, 0.4) is 0 Å². The van der Waals surface area contributed by atoms with E-state index in [1.807, 2.05) is 13.8 Å². The lowest BCUT2D eigenvalue weighted by atomic mass is 9.97. The molecular weight excluding hydrogens is 224 g/mol. The molecule has 1 amide bonds. The first-order valence-corrected chi connectivity index (χ1v) is 6.45. The van der Waals surface area contributed by atoms with Crippen molar-refractivity contribution in [2.24, 2.45) is 11.7 Å². The van der Waals surface area contributed by atoms with E-state index in [9.17, 15) is 4.79 Å². The standard InChI is InChI=1S/C15H24N2O/c1-9(2)14(15(16)18)17-12(5)13-8-10(3)6-7-11(13)4/h6-9,12,14,17H,1-5H3,(H2,16,18). The predicted molar refractivity (Wildman–Crippen MR) is 75.3 cm³/mol. The molecule has 2 atom stereocenters. The highest BCUT2D eigenvalue weighted by Gasteiger charge is 2.22. The summed E-state index contributed by atoms with van der Waals surface area (Å²) in [5, 5.41) is 3.33. The molecule has 1 aromatic carbocycles. The van der Waals surface area contributed by atoms with Gasteiger partial charge in [0.15, 0.2) is 0 Å². The normalized spacial score (nSPS) is 14.6. The second-order valence-corrected chi connectivity index (χ2v) is 5.37. The Balaban J connectivity index is 2.90. The molecule has 0 aliphatic rings. The highest BCUT2D eigenvalue weighted by molar-refractivity contribution is 5.80. The van der Waals surface area contributed by atoms with Crippen LogP contribution in [0.15, 0.2) is 18.2 Å². The van der Waals surface area contributed by atoms with Gasteiger partial charge in [0.05, 0.1) is 6.04 Å². The van der Waals surface area contributed by atoms with Gasteiger partial charge in [-0.1, -0.05) is 37.6 Å². The fraction of sp³-hybridized carbons (Fsp3) is 0.533. The molecule has 0 bridgehead atoms. The van der Waals surface area contributed by atoms with Crippen LogP contribution in [0.1, 0.15) is 43.5 Å². The van der Waals surface area contributed by atoms with E-state index in [0.29, 0.717) is 0 Å². The van der Waals surface area contributed by atoms with E-state index in [1.165, 1.54) is 16.7 Å². The van der Waals surface area contributed by atoms with Crippen LogP contribution >= 0.6 is 0 Å². The van der Waals surface area contributed by atoms with Crippen LogP contribution in [-0.4, -0.2) is 11.9 Å². The molecule has 0 saturated heterocycles. The van der Waals surface area contributed by atoms with Gasteiger partial charge < -0.3 is 5.73 Å². The quantitative estimate of drug-likeness (QED) is 0.841. The third-order valence-electron chi connectivity index (χ3n) is 3.30. The van der Waals surface area contributed by atoms with Crippen LogP contribution in [0, 0.1) is 19.8 Å². The van der Waals surface area contributed by atoms with Gasteiger partial charge in [-0.25, -0.2) is 0 Å². The molecule has 18 heavy (non-hydrogen) atoms. The molecule has 0 heterocycles. The van der Waals surface area contributed by atoms with E-state index in [0.717, 1.165) is 0 Å². The van der Waals surface area contributed by atoms with Crippen molar-refractivity contribution >= 4 is 5.91 Å². The third kappa shape index (κ3) is 3.57. The molecule has 0 spiro atoms. The SMILES string of the molecule is Cc1ccc(C)c(C(C)NC(C(N)=O)C(C)C)c1. The van der Waals surface area contributed by atoms with Crippen molar-refractivity contribution < 1.29 is 4.79 Å². The van der Waals surface area contributed by atoms with Crippen molar-refractivity contribution in [2.45, 2.75) is 46.7 Å². The van der Waals surface area contributed by atoms with Crippen molar-refractivity contribution in [1.29, 1.82) is 0 Å². The zero-order chi connectivity index (χ0) is 13.9. The van der Waals surface area contributed by atoms with Gasteiger partial charge >= 0.3 is 0 Å². The number of primary amides is 1. The summed E-state index contributed by atoms with van der Waals surface area (Å²) in [5.41, 5.74) is 9.11. The van der Waals surface area contributed by atoms with Gasteiger partial charge in [0.1, 0.15) is 0 Å². The number of nitrogens with one attached hydrogen (secondary N) is 1. The van der Waals surface area contributed by atoms with Gasteiger partial charge in [-0.3, -0.25) is 10.1 Å². The smallest absolute Gasteiger partial charge is 0.234 e. The molecule has 2 unspecified atom stereocenters. The molecule has 1 rings (SSSR count). The number of carbonyl (C=O) groups is 1. The van der Waals surface area contributed by atoms with Crippen LogP contribution in [0.5, 0.6) is 0 Å². The zero-order valence-electron chi connectivity index (χ0n) is 11.9. The Morgan fingerprint density at radius 1 is 1.22 bits per heavy atom. The Hall–Kier alpha value is -1.35. The number of hydrogen-bond acceptors (Lipinski definition) is 2. The summed E-state index contributed by atoms with van der Waals surface area (Å²) in [5.74, 6) is -0.0998. The van der Waals surface area contributed by atoms with Crippen molar-refractivity contribution in [2.75, 3.05) is 0 Å². The van der Waals surface area contributed by atoms with E-state index in [4.69, 9.17) is 5.73 Å². The lowest BCUT2D eigenvalue weighted by Gasteiger charge is -2.25. The average Bonchev–Trinajstić information content (AvgIpc) is 2.28. The highest BCUT2D eigenvalue weighted by atomic mass is 16.1. The fourth-order valence-electron chi connectivity index (χ4n) is 2.19. The highest BCUT2D eigenvalue weighted by Crippen LogP contribution is 2.20. The largest absolute Gasteiger partial charge is 0.368 e. The number of amides is 1. The lowest BCUT2D eigenvalue weighted by Crippen LogP contribution is -2.46. The van der Waals surface area contributed by atoms with Gasteiger partial charge in [0.2, 0.25) is 5.91 Å². The second kappa shape index (κ2) is 6.01. The van der Waals surface area contributed by atoms with Crippen LogP contribution in [-0.2, 0) is 4.79 Å². The first-order valence-electron chi connectivity index (χ1n) is 6.45. The Labute approximate surface area is 110 Å². The average molecular weight is 248 g/mol. The topological polar surface area (TPSA) is 55.1 Å². The minimum absolute atomic E-state index is 0.116. The third-order valence-corrected chi connectivity index (χ3v) is 3.30. The van der Waals surface area contributed by atoms with Gasteiger partial charge in [0, 0.05) is 6.04 Å². The minimum atomic E-state index is -0.292. The van der Waals surface area contributed by atoms with Crippen molar-refractivity contribution in [1.82, 2.24) is 5.32 Å². The summed E-state index contributed by atoms with van der Waals surface area (Å²) in [6.45, 7) is 10.2. The summed E-state index contributed by atoms with van der Waals surface area (Å²) >= 11 is 0. The lowest BCUT2D eigenvalue weighted by molar-refractivity contribution is -0.121. The van der Waals surface area contributed by atoms with Crippen molar-refractivity contribution in [3.63, 3.8) is 0 Å². The number of benzene rings is 1. The molecular formula is C15H24N2O. The van der Waals surface area contributed by atoms with Crippen LogP contribution in [0.2, 0.25) is 0 Å². The van der Waals surface area contributed by atoms with E-state index < -0.39 is 0 Å². The molecule has 3 N–H and O–H groups in total. The van der Waals surface area contributed by atoms with E-state index >= 15 is 0 Å². The number of carbonyl (C=O) groups excluding carboxylic acids is 1. The molecule has 0 aliphatic carbocycles. The molecule has 3 nitrogen and oxygen atoms in total. The monoisotopic (exact) mass is 248 g/mol. The Morgan fingerprint density at radius 3 is 2.33 bits per heavy atom. The molecule has 0 radical (unpaired) electrons. The summed E-state index contributed by atoms with van der Waals surface area (Å²) < 4.78 is 0. The van der Waals surface area contributed by atoms with Gasteiger partial charge in [-0.05, 0) is 37.8 Å². The van der Waals surface area contributed by atoms with E-state index in [-0.39, 0.29) is 23.9 Å². The first kappa shape index (κ1) is 14.7. The van der Waals surface area contributed by atoms with E-state index in [1.54, 1.807) is 0 Å². The van der Waals surface area contributed by atoms with Gasteiger partial charge in [-0.2, -0.15) is 0 Å². The summed E-state index contributed by atoms with van der Waals surface area (Å²) in [6, 6.07) is 6.19. The van der Waals surface area contributed by atoms with Gasteiger partial charge in [-0.15, -0.1) is 0 Å². The summed E-state index contributed by atoms with van der Waals surface area (Å²) in [7, 11) is 0. The zero-order valence-corrected chi connectivity index (χ0v) is 11.9. The molecule has 0 fully saturated rings. The molecule has 1 aromatic rings. The van der Waals surface area contributed by atoms with Crippen LogP contribution in [0.4, 0.5) is 0 Å². The fourth-order valence-corrected chi connectivity index (χ4v) is 2.19. The van der Waals surface area contributed by atoms with Crippen LogP contribution < -0.4 is 11.1 Å². The van der Waals surface area contributed by atoms with Gasteiger partial charge in [0.25, 0.3) is 0 Å². The molecule has 0 aliphatic heterocycles. The number of hydrogen-bond donors (Lipinski definition) is 2. The first-order chi connectivity index (χ1) is 8.32. The summed E-state index contributed by atoms with van der Waals surface area (Å²) in [6.07, 6.45) is 0. The molecule has 3 heteroatoms. The molecule has 100 valence electrons. The number of nitrogens with two attached hydrogens (primary N) is 1. The van der Waals surface area contributed by atoms with Crippen LogP contribution in [0.25, 0.3) is 0 Å². The maximum absolute atomic E-state index is 11.4. The van der Waals surface area contributed by atoms with Crippen molar-refractivity contribution in [3.8, 4) is 0 Å². The van der Waals surface area contributed by atoms with Crippen molar-refractivity contribution in [3.05, 3.63) is 34.9 Å². The number of rotatable bonds is 5. The number of aryl methyl sites for hydroxylation is 2.